The van der Waals surface area contributed by atoms with E-state index in [0.29, 0.717) is 19.3 Å². The highest BCUT2D eigenvalue weighted by Gasteiger charge is 2.18. The topological polar surface area (TPSA) is 112 Å². The lowest BCUT2D eigenvalue weighted by Gasteiger charge is -2.27. The van der Waals surface area contributed by atoms with Crippen molar-refractivity contribution in [3.8, 4) is 0 Å². The first-order chi connectivity index (χ1) is 12.6. The van der Waals surface area contributed by atoms with Gasteiger partial charge in [-0.15, -0.1) is 0 Å². The van der Waals surface area contributed by atoms with Gasteiger partial charge in [-0.25, -0.2) is 0 Å². The minimum absolute atomic E-state index is 0.107. The summed E-state index contributed by atoms with van der Waals surface area (Å²) >= 11 is 0. The van der Waals surface area contributed by atoms with Gasteiger partial charge in [0.05, 0.1) is 43.4 Å². The van der Waals surface area contributed by atoms with Crippen LogP contribution in [-0.2, 0) is 9.47 Å². The van der Waals surface area contributed by atoms with E-state index in [2.05, 4.69) is 10.6 Å². The predicted octanol–water partition coefficient (Wildman–Crippen LogP) is 2.49. The number of hydrogen-bond acceptors (Lipinski definition) is 7. The Labute approximate surface area is 151 Å². The lowest BCUT2D eigenvalue weighted by atomic mass is 10.2. The van der Waals surface area contributed by atoms with Crippen molar-refractivity contribution in [1.82, 2.24) is 0 Å². The van der Waals surface area contributed by atoms with Crippen molar-refractivity contribution in [2.75, 3.05) is 42.8 Å². The van der Waals surface area contributed by atoms with Crippen molar-refractivity contribution in [2.24, 2.45) is 0 Å². The lowest BCUT2D eigenvalue weighted by Crippen LogP contribution is -2.40. The van der Waals surface area contributed by atoms with E-state index in [1.54, 1.807) is 6.07 Å². The van der Waals surface area contributed by atoms with E-state index >= 15 is 0 Å². The van der Waals surface area contributed by atoms with Gasteiger partial charge in [0.15, 0.2) is 0 Å². The molecular formula is C18H22N4O4. The van der Waals surface area contributed by atoms with Crippen molar-refractivity contribution < 1.29 is 14.4 Å². The second-order valence-electron chi connectivity index (χ2n) is 6.19. The molecule has 4 rings (SSSR count). The van der Waals surface area contributed by atoms with Gasteiger partial charge in [0.25, 0.3) is 5.69 Å². The molecule has 8 nitrogen and oxygen atoms in total. The summed E-state index contributed by atoms with van der Waals surface area (Å²) in [6.07, 6.45) is 0. The summed E-state index contributed by atoms with van der Waals surface area (Å²) < 4.78 is 10.0. The molecule has 2 saturated heterocycles. The number of nitrogens with zero attached hydrogens (tertiary/aromatic N) is 1. The molecule has 0 saturated carbocycles. The second kappa shape index (κ2) is 8.50. The van der Waals surface area contributed by atoms with Crippen LogP contribution >= 0.6 is 0 Å². The molecule has 2 aliphatic rings. The number of nitrogens with two attached hydrogens (primary N) is 1. The summed E-state index contributed by atoms with van der Waals surface area (Å²) in [6.45, 7) is 2.94. The highest BCUT2D eigenvalue weighted by atomic mass is 16.6. The zero-order valence-electron chi connectivity index (χ0n) is 14.3. The molecule has 2 aromatic rings. The monoisotopic (exact) mass is 358 g/mol. The molecule has 0 aromatic heterocycles. The van der Waals surface area contributed by atoms with Crippen LogP contribution < -0.4 is 16.4 Å². The van der Waals surface area contributed by atoms with Crippen molar-refractivity contribution in [3.63, 3.8) is 0 Å². The van der Waals surface area contributed by atoms with Crippen LogP contribution in [0.4, 0.5) is 22.7 Å². The first kappa shape index (κ1) is 18.0. The Hall–Kier alpha value is -2.84. The third kappa shape index (κ3) is 5.08. The molecule has 0 unspecified atom stereocenters. The molecule has 138 valence electrons. The number of nitro groups is 1. The number of ether oxygens (including phenoxy) is 2. The summed E-state index contributed by atoms with van der Waals surface area (Å²) in [6, 6.07) is 15.0. The van der Waals surface area contributed by atoms with E-state index < -0.39 is 4.92 Å². The first-order valence-electron chi connectivity index (χ1n) is 8.39. The van der Waals surface area contributed by atoms with E-state index in [1.165, 1.54) is 12.1 Å². The van der Waals surface area contributed by atoms with E-state index in [9.17, 15) is 10.1 Å². The molecule has 0 bridgehead atoms. The molecule has 4 N–H and O–H groups in total. The molecule has 8 heteroatoms. The summed E-state index contributed by atoms with van der Waals surface area (Å²) in [5.41, 5.74) is 8.36. The Bertz CT molecular complexity index is 747. The summed E-state index contributed by atoms with van der Waals surface area (Å²) in [5, 5.41) is 16.9. The molecule has 2 aromatic carbocycles. The molecule has 2 fully saturated rings. The number of non-ortho nitro benzene ring substituents is 1. The summed E-state index contributed by atoms with van der Waals surface area (Å²) in [4.78, 5) is 10.1. The normalized spacial score (nSPS) is 16.5. The van der Waals surface area contributed by atoms with E-state index in [-0.39, 0.29) is 11.7 Å². The lowest BCUT2D eigenvalue weighted by molar-refractivity contribution is -0.384. The van der Waals surface area contributed by atoms with Gasteiger partial charge in [0.2, 0.25) is 0 Å². The molecule has 0 atom stereocenters. The number of anilines is 3. The number of rotatable bonds is 5. The molecular weight excluding hydrogens is 336 g/mol. The highest BCUT2D eigenvalue weighted by molar-refractivity contribution is 5.54. The van der Waals surface area contributed by atoms with Gasteiger partial charge >= 0.3 is 0 Å². The van der Waals surface area contributed by atoms with Crippen molar-refractivity contribution in [1.29, 1.82) is 0 Å². The SMILES string of the molecule is Nc1cccc(NC2COC2)c1.O=[N+]([O-])c1cccc(NC2COC2)c1. The maximum Gasteiger partial charge on any atom is 0.271 e. The van der Waals surface area contributed by atoms with Crippen LogP contribution in [0.25, 0.3) is 0 Å². The number of nitro benzene ring substituents is 1. The van der Waals surface area contributed by atoms with Gasteiger partial charge in [-0.2, -0.15) is 0 Å². The maximum absolute atomic E-state index is 10.5. The van der Waals surface area contributed by atoms with Crippen LogP contribution in [0.5, 0.6) is 0 Å². The zero-order valence-corrected chi connectivity index (χ0v) is 14.3. The molecule has 0 spiro atoms. The zero-order chi connectivity index (χ0) is 18.4. The highest BCUT2D eigenvalue weighted by Crippen LogP contribution is 2.19. The van der Waals surface area contributed by atoms with Crippen LogP contribution in [0.1, 0.15) is 0 Å². The Morgan fingerprint density at radius 3 is 1.92 bits per heavy atom. The van der Waals surface area contributed by atoms with E-state index in [1.807, 2.05) is 30.3 Å². The fraction of sp³-hybridized carbons (Fsp3) is 0.333. The largest absolute Gasteiger partial charge is 0.399 e. The molecule has 0 aliphatic carbocycles. The van der Waals surface area contributed by atoms with Crippen LogP contribution in [0, 0.1) is 10.1 Å². The summed E-state index contributed by atoms with van der Waals surface area (Å²) in [5.74, 6) is 0. The maximum atomic E-state index is 10.5. The molecule has 0 radical (unpaired) electrons. The molecule has 0 amide bonds. The average molecular weight is 358 g/mol. The van der Waals surface area contributed by atoms with Gasteiger partial charge in [-0.05, 0) is 24.3 Å². The van der Waals surface area contributed by atoms with Gasteiger partial charge in [-0.1, -0.05) is 12.1 Å². The Morgan fingerprint density at radius 1 is 0.923 bits per heavy atom. The Morgan fingerprint density at radius 2 is 1.46 bits per heavy atom. The predicted molar refractivity (Wildman–Crippen MR) is 100 cm³/mol. The van der Waals surface area contributed by atoms with Gasteiger partial charge in [0, 0.05) is 29.2 Å². The standard InChI is InChI=1S/C9H10N2O3.C9H12N2O/c12-11(13)9-3-1-2-7(4-9)10-8-5-14-6-8;10-7-2-1-3-8(4-7)11-9-5-12-6-9/h1-4,8,10H,5-6H2;1-4,9,11H,5-6,10H2. The first-order valence-corrected chi connectivity index (χ1v) is 8.39. The van der Waals surface area contributed by atoms with Crippen LogP contribution in [0.3, 0.4) is 0 Å². The van der Waals surface area contributed by atoms with Crippen LogP contribution in [-0.4, -0.2) is 43.4 Å². The molecule has 2 aliphatic heterocycles. The third-order valence-corrected chi connectivity index (χ3v) is 3.96. The Balaban J connectivity index is 0.000000152. The smallest absolute Gasteiger partial charge is 0.271 e. The number of nitrogens with one attached hydrogen (secondary N) is 2. The van der Waals surface area contributed by atoms with E-state index in [4.69, 9.17) is 15.2 Å². The number of hydrogen-bond donors (Lipinski definition) is 3. The fourth-order valence-corrected chi connectivity index (χ4v) is 2.45. The third-order valence-electron chi connectivity index (χ3n) is 3.96. The van der Waals surface area contributed by atoms with Crippen molar-refractivity contribution in [2.45, 2.75) is 12.1 Å². The van der Waals surface area contributed by atoms with Crippen molar-refractivity contribution in [3.05, 3.63) is 58.6 Å². The molecule has 26 heavy (non-hydrogen) atoms. The average Bonchev–Trinajstić information content (AvgIpc) is 2.55. The summed E-state index contributed by atoms with van der Waals surface area (Å²) in [7, 11) is 0. The van der Waals surface area contributed by atoms with Crippen molar-refractivity contribution >= 4 is 22.7 Å². The molecule has 2 heterocycles. The minimum Gasteiger partial charge on any atom is -0.399 e. The Kier molecular flexibility index (Phi) is 5.88. The van der Waals surface area contributed by atoms with Crippen LogP contribution in [0.2, 0.25) is 0 Å². The number of nitrogen functional groups attached to an aromatic ring is 1. The fourth-order valence-electron chi connectivity index (χ4n) is 2.45. The van der Waals surface area contributed by atoms with Crippen LogP contribution in [0.15, 0.2) is 48.5 Å². The quantitative estimate of drug-likeness (QED) is 0.428. The van der Waals surface area contributed by atoms with Gasteiger partial charge in [0.1, 0.15) is 0 Å². The minimum atomic E-state index is -0.400. The van der Waals surface area contributed by atoms with Gasteiger partial charge < -0.3 is 25.8 Å². The van der Waals surface area contributed by atoms with E-state index in [0.717, 1.165) is 30.3 Å². The number of benzene rings is 2. The van der Waals surface area contributed by atoms with Gasteiger partial charge in [-0.3, -0.25) is 10.1 Å². The second-order valence-corrected chi connectivity index (χ2v) is 6.19.